The van der Waals surface area contributed by atoms with Crippen LogP contribution < -0.4 is 0 Å². The van der Waals surface area contributed by atoms with E-state index in [9.17, 15) is 0 Å². The zero-order valence-electron chi connectivity index (χ0n) is 11.5. The lowest BCUT2D eigenvalue weighted by Gasteiger charge is -2.01. The summed E-state index contributed by atoms with van der Waals surface area (Å²) < 4.78 is 8.68. The van der Waals surface area contributed by atoms with Crippen LogP contribution in [-0.2, 0) is 0 Å². The molecule has 7 nitrogen and oxygen atoms in total. The molecule has 0 N–H and O–H groups in total. The van der Waals surface area contributed by atoms with E-state index in [0.29, 0.717) is 11.7 Å². The van der Waals surface area contributed by atoms with Gasteiger partial charge in [0.1, 0.15) is 17.8 Å². The third kappa shape index (κ3) is 2.25. The predicted octanol–water partition coefficient (Wildman–Crippen LogP) is 1.86. The lowest BCUT2D eigenvalue weighted by atomic mass is 10.4. The SMILES string of the molecule is Cc1cc(C)n(-c2nncn2/N=C\c2ccc(C)o2)n1. The average Bonchev–Trinajstić information content (AvgIpc) is 3.07. The van der Waals surface area contributed by atoms with Crippen LogP contribution in [0.1, 0.15) is 22.9 Å². The fourth-order valence-corrected chi connectivity index (χ4v) is 1.92. The van der Waals surface area contributed by atoms with Gasteiger partial charge in [0.05, 0.1) is 11.9 Å². The van der Waals surface area contributed by atoms with Crippen molar-refractivity contribution in [2.24, 2.45) is 5.10 Å². The van der Waals surface area contributed by atoms with Gasteiger partial charge in [-0.15, -0.1) is 10.2 Å². The van der Waals surface area contributed by atoms with Crippen molar-refractivity contribution in [3.8, 4) is 5.95 Å². The molecule has 0 aromatic carbocycles. The van der Waals surface area contributed by atoms with Gasteiger partial charge in [0, 0.05) is 5.69 Å². The summed E-state index contributed by atoms with van der Waals surface area (Å²) in [5, 5.41) is 16.6. The minimum atomic E-state index is 0.537. The molecular formula is C13H14N6O. The maximum Gasteiger partial charge on any atom is 0.273 e. The molecule has 0 aliphatic carbocycles. The number of nitrogens with zero attached hydrogens (tertiary/aromatic N) is 6. The summed E-state index contributed by atoms with van der Waals surface area (Å²) in [6.45, 7) is 5.77. The van der Waals surface area contributed by atoms with E-state index in [4.69, 9.17) is 4.42 Å². The van der Waals surface area contributed by atoms with Crippen molar-refractivity contribution in [3.05, 3.63) is 47.4 Å². The monoisotopic (exact) mass is 270 g/mol. The summed E-state index contributed by atoms with van der Waals surface area (Å²) in [7, 11) is 0. The smallest absolute Gasteiger partial charge is 0.273 e. The summed E-state index contributed by atoms with van der Waals surface area (Å²) in [5.41, 5.74) is 1.89. The molecule has 7 heteroatoms. The molecule has 0 spiro atoms. The summed E-state index contributed by atoms with van der Waals surface area (Å²) in [5.74, 6) is 2.06. The van der Waals surface area contributed by atoms with Gasteiger partial charge in [-0.1, -0.05) is 0 Å². The van der Waals surface area contributed by atoms with Crippen molar-refractivity contribution in [2.75, 3.05) is 0 Å². The molecule has 20 heavy (non-hydrogen) atoms. The van der Waals surface area contributed by atoms with E-state index in [1.807, 2.05) is 39.0 Å². The molecule has 0 saturated heterocycles. The number of hydrogen-bond acceptors (Lipinski definition) is 5. The summed E-state index contributed by atoms with van der Waals surface area (Å²) in [6.07, 6.45) is 3.14. The molecule has 3 rings (SSSR count). The van der Waals surface area contributed by atoms with Crippen molar-refractivity contribution >= 4 is 6.21 Å². The third-order valence-electron chi connectivity index (χ3n) is 2.78. The maximum atomic E-state index is 5.43. The Hall–Kier alpha value is -2.70. The second-order valence-electron chi connectivity index (χ2n) is 4.51. The van der Waals surface area contributed by atoms with E-state index in [1.54, 1.807) is 15.6 Å². The molecule has 0 atom stereocenters. The molecule has 0 aliphatic heterocycles. The number of hydrogen-bond donors (Lipinski definition) is 0. The first-order valence-corrected chi connectivity index (χ1v) is 6.18. The fraction of sp³-hybridized carbons (Fsp3) is 0.231. The Morgan fingerprint density at radius 2 is 2.10 bits per heavy atom. The van der Waals surface area contributed by atoms with Gasteiger partial charge >= 0.3 is 0 Å². The van der Waals surface area contributed by atoms with Gasteiger partial charge < -0.3 is 4.42 Å². The molecule has 0 bridgehead atoms. The molecule has 0 aliphatic rings. The van der Waals surface area contributed by atoms with Crippen molar-refractivity contribution in [3.63, 3.8) is 0 Å². The van der Waals surface area contributed by atoms with Crippen molar-refractivity contribution in [1.29, 1.82) is 0 Å². The van der Waals surface area contributed by atoms with Gasteiger partial charge in [-0.2, -0.15) is 14.9 Å². The van der Waals surface area contributed by atoms with Crippen LogP contribution >= 0.6 is 0 Å². The van der Waals surface area contributed by atoms with Gasteiger partial charge in [-0.3, -0.25) is 0 Å². The molecule has 102 valence electrons. The Morgan fingerprint density at radius 3 is 2.75 bits per heavy atom. The Balaban J connectivity index is 1.94. The number of aryl methyl sites for hydroxylation is 3. The molecule has 3 aromatic rings. The lowest BCUT2D eigenvalue weighted by Crippen LogP contribution is -2.06. The molecule has 0 unspecified atom stereocenters. The number of furan rings is 1. The van der Waals surface area contributed by atoms with E-state index >= 15 is 0 Å². The van der Waals surface area contributed by atoms with E-state index in [-0.39, 0.29) is 0 Å². The second kappa shape index (κ2) is 4.76. The molecule has 0 saturated carbocycles. The Morgan fingerprint density at radius 1 is 1.25 bits per heavy atom. The van der Waals surface area contributed by atoms with Gasteiger partial charge in [0.25, 0.3) is 5.95 Å². The van der Waals surface area contributed by atoms with Crippen LogP contribution in [0.5, 0.6) is 0 Å². The minimum absolute atomic E-state index is 0.537. The minimum Gasteiger partial charge on any atom is -0.460 e. The number of rotatable bonds is 3. The first kappa shape index (κ1) is 12.3. The second-order valence-corrected chi connectivity index (χ2v) is 4.51. The van der Waals surface area contributed by atoms with Gasteiger partial charge in [0.15, 0.2) is 0 Å². The Kier molecular flexibility index (Phi) is 2.94. The predicted molar refractivity (Wildman–Crippen MR) is 73.1 cm³/mol. The molecule has 3 heterocycles. The van der Waals surface area contributed by atoms with Crippen LogP contribution in [0.3, 0.4) is 0 Å². The lowest BCUT2D eigenvalue weighted by molar-refractivity contribution is 0.527. The van der Waals surface area contributed by atoms with Crippen LogP contribution in [-0.4, -0.2) is 30.9 Å². The average molecular weight is 270 g/mol. The van der Waals surface area contributed by atoms with Crippen LogP contribution in [0.2, 0.25) is 0 Å². The zero-order valence-corrected chi connectivity index (χ0v) is 11.5. The van der Waals surface area contributed by atoms with E-state index in [2.05, 4.69) is 20.4 Å². The molecular weight excluding hydrogens is 256 g/mol. The molecule has 0 radical (unpaired) electrons. The first-order chi connectivity index (χ1) is 9.63. The molecule has 0 amide bonds. The topological polar surface area (TPSA) is 74.0 Å². The van der Waals surface area contributed by atoms with E-state index in [1.165, 1.54) is 6.33 Å². The van der Waals surface area contributed by atoms with Crippen molar-refractivity contribution in [1.82, 2.24) is 24.7 Å². The van der Waals surface area contributed by atoms with E-state index < -0.39 is 0 Å². The summed E-state index contributed by atoms with van der Waals surface area (Å²) >= 11 is 0. The van der Waals surface area contributed by atoms with Crippen LogP contribution in [0.4, 0.5) is 0 Å². The van der Waals surface area contributed by atoms with E-state index in [0.717, 1.165) is 17.1 Å². The maximum absolute atomic E-state index is 5.43. The Bertz CT molecular complexity index is 764. The van der Waals surface area contributed by atoms with Gasteiger partial charge in [0.2, 0.25) is 0 Å². The molecule has 3 aromatic heterocycles. The van der Waals surface area contributed by atoms with Gasteiger partial charge in [-0.25, -0.2) is 4.68 Å². The highest BCUT2D eigenvalue weighted by Crippen LogP contribution is 2.09. The Labute approximate surface area is 115 Å². The van der Waals surface area contributed by atoms with Crippen molar-refractivity contribution in [2.45, 2.75) is 20.8 Å². The quantitative estimate of drug-likeness (QED) is 0.681. The third-order valence-corrected chi connectivity index (χ3v) is 2.78. The first-order valence-electron chi connectivity index (χ1n) is 6.18. The standard InChI is InChI=1S/C13H14N6O/c1-9-6-10(2)19(17-9)13-16-14-8-18(13)15-7-12-5-4-11(3)20-12/h4-8H,1-3H3/b15-7-. The van der Waals surface area contributed by atoms with Gasteiger partial charge in [-0.05, 0) is 39.0 Å². The van der Waals surface area contributed by atoms with Crippen LogP contribution in [0.25, 0.3) is 5.95 Å². The zero-order chi connectivity index (χ0) is 14.1. The summed E-state index contributed by atoms with van der Waals surface area (Å²) in [6, 6.07) is 5.71. The largest absolute Gasteiger partial charge is 0.460 e. The summed E-state index contributed by atoms with van der Waals surface area (Å²) in [4.78, 5) is 0. The molecule has 0 fully saturated rings. The fourth-order valence-electron chi connectivity index (χ4n) is 1.92. The normalized spacial score (nSPS) is 11.6. The highest BCUT2D eigenvalue weighted by Gasteiger charge is 2.10. The highest BCUT2D eigenvalue weighted by atomic mass is 16.3. The number of aromatic nitrogens is 5. The van der Waals surface area contributed by atoms with Crippen molar-refractivity contribution < 1.29 is 4.42 Å². The van der Waals surface area contributed by atoms with Crippen LogP contribution in [0.15, 0.2) is 34.0 Å². The highest BCUT2D eigenvalue weighted by molar-refractivity contribution is 5.75. The van der Waals surface area contributed by atoms with Crippen LogP contribution in [0, 0.1) is 20.8 Å².